The Kier molecular flexibility index (Phi) is 4.11. The molecule has 0 unspecified atom stereocenters. The van der Waals surface area contributed by atoms with Gasteiger partial charge < -0.3 is 5.32 Å². The summed E-state index contributed by atoms with van der Waals surface area (Å²) in [6, 6.07) is 7.87. The number of aromatic nitrogens is 3. The highest BCUT2D eigenvalue weighted by molar-refractivity contribution is 6.00. The number of carbonyl (C=O) groups excluding carboxylic acids is 1. The molecule has 0 radical (unpaired) electrons. The summed E-state index contributed by atoms with van der Waals surface area (Å²) in [5, 5.41) is 16.6. The van der Waals surface area contributed by atoms with Crippen molar-refractivity contribution in [2.75, 3.05) is 0 Å². The molecule has 1 aromatic carbocycles. The van der Waals surface area contributed by atoms with Gasteiger partial charge in [0.25, 0.3) is 5.91 Å². The summed E-state index contributed by atoms with van der Waals surface area (Å²) >= 11 is 0. The van der Waals surface area contributed by atoms with E-state index < -0.39 is 5.82 Å². The van der Waals surface area contributed by atoms with Gasteiger partial charge in [-0.05, 0) is 56.9 Å². The zero-order valence-corrected chi connectivity index (χ0v) is 15.0. The minimum atomic E-state index is -0.480. The Hall–Kier alpha value is -3.27. The fourth-order valence-electron chi connectivity index (χ4n) is 3.24. The Morgan fingerprint density at radius 3 is 2.89 bits per heavy atom. The smallest absolute Gasteiger partial charge is 0.256 e. The number of benzene rings is 1. The second kappa shape index (κ2) is 6.47. The number of nitrogens with one attached hydrogen (secondary N) is 1. The molecule has 0 aliphatic heterocycles. The zero-order chi connectivity index (χ0) is 19.1. The van der Waals surface area contributed by atoms with E-state index in [1.807, 2.05) is 19.9 Å². The maximum Gasteiger partial charge on any atom is 0.256 e. The molecule has 2 aromatic heterocycles. The van der Waals surface area contributed by atoms with Gasteiger partial charge in [0.1, 0.15) is 11.4 Å². The first-order valence-electron chi connectivity index (χ1n) is 8.84. The largest absolute Gasteiger partial charge is 0.349 e. The predicted octanol–water partition coefficient (Wildman–Crippen LogP) is 3.24. The van der Waals surface area contributed by atoms with Crippen molar-refractivity contribution in [1.82, 2.24) is 19.9 Å². The molecule has 1 amide bonds. The van der Waals surface area contributed by atoms with Crippen molar-refractivity contribution in [2.45, 2.75) is 32.7 Å². The number of hydrogen-bond donors (Lipinski definition) is 1. The lowest BCUT2D eigenvalue weighted by molar-refractivity contribution is 0.0937. The lowest BCUT2D eigenvalue weighted by atomic mass is 10.0. The molecule has 0 saturated heterocycles. The number of aryl methyl sites for hydroxylation is 1. The molecule has 0 bridgehead atoms. The molecular weight excluding hydrogens is 345 g/mol. The highest BCUT2D eigenvalue weighted by Crippen LogP contribution is 2.32. The number of halogens is 1. The third-order valence-corrected chi connectivity index (χ3v) is 4.96. The van der Waals surface area contributed by atoms with E-state index >= 15 is 0 Å². The number of carbonyl (C=O) groups is 1. The minimum absolute atomic E-state index is 0.110. The molecule has 4 rings (SSSR count). The van der Waals surface area contributed by atoms with Crippen LogP contribution >= 0.6 is 0 Å². The Balaban J connectivity index is 1.78. The third-order valence-electron chi connectivity index (χ3n) is 4.96. The molecule has 1 aliphatic carbocycles. The van der Waals surface area contributed by atoms with Gasteiger partial charge in [0.15, 0.2) is 5.65 Å². The van der Waals surface area contributed by atoms with Crippen molar-refractivity contribution in [3.63, 3.8) is 0 Å². The molecule has 3 aromatic rings. The number of amides is 1. The lowest BCUT2D eigenvalue weighted by Gasteiger charge is -2.12. The first-order valence-corrected chi connectivity index (χ1v) is 8.84. The van der Waals surface area contributed by atoms with Gasteiger partial charge in [-0.3, -0.25) is 4.79 Å². The zero-order valence-electron chi connectivity index (χ0n) is 15.0. The van der Waals surface area contributed by atoms with E-state index in [2.05, 4.69) is 15.4 Å². The predicted molar refractivity (Wildman–Crippen MR) is 97.5 cm³/mol. The van der Waals surface area contributed by atoms with Gasteiger partial charge >= 0.3 is 0 Å². The van der Waals surface area contributed by atoms with Crippen LogP contribution in [0.15, 0.2) is 30.5 Å². The molecule has 136 valence electrons. The Labute approximate surface area is 155 Å². The average molecular weight is 363 g/mol. The van der Waals surface area contributed by atoms with Crippen LogP contribution < -0.4 is 5.32 Å². The third kappa shape index (κ3) is 3.14. The first kappa shape index (κ1) is 17.2. The Morgan fingerprint density at radius 2 is 2.19 bits per heavy atom. The summed E-state index contributed by atoms with van der Waals surface area (Å²) in [5.74, 6) is -0.155. The van der Waals surface area contributed by atoms with Crippen LogP contribution in [0.25, 0.3) is 16.9 Å². The van der Waals surface area contributed by atoms with Crippen LogP contribution in [-0.2, 0) is 0 Å². The Morgan fingerprint density at radius 1 is 1.41 bits per heavy atom. The molecule has 1 N–H and O–H groups in total. The molecule has 2 heterocycles. The quantitative estimate of drug-likeness (QED) is 0.771. The molecule has 0 spiro atoms. The maximum absolute atomic E-state index is 13.5. The van der Waals surface area contributed by atoms with Crippen molar-refractivity contribution in [1.29, 1.82) is 5.26 Å². The van der Waals surface area contributed by atoms with Gasteiger partial charge in [0, 0.05) is 17.3 Å². The molecule has 7 heteroatoms. The SMILES string of the molecule is Cc1cc(-c2ccc(F)cc2C#N)nc2c(C(=O)N[C@H](C)C3CC3)cnn12. The van der Waals surface area contributed by atoms with Gasteiger partial charge in [0.2, 0.25) is 0 Å². The normalized spacial score (nSPS) is 14.7. The molecule has 1 aliphatic rings. The Bertz CT molecular complexity index is 1090. The highest BCUT2D eigenvalue weighted by atomic mass is 19.1. The average Bonchev–Trinajstić information content (AvgIpc) is 3.41. The van der Waals surface area contributed by atoms with Crippen LogP contribution in [0.2, 0.25) is 0 Å². The van der Waals surface area contributed by atoms with Crippen molar-refractivity contribution in [3.05, 3.63) is 53.1 Å². The fraction of sp³-hybridized carbons (Fsp3) is 0.300. The molecule has 1 atom stereocenters. The van der Waals surface area contributed by atoms with Gasteiger partial charge in [0.05, 0.1) is 23.5 Å². The lowest BCUT2D eigenvalue weighted by Crippen LogP contribution is -2.34. The summed E-state index contributed by atoms with van der Waals surface area (Å²) in [5.41, 5.74) is 2.77. The molecule has 1 fully saturated rings. The topological polar surface area (TPSA) is 83.1 Å². The fourth-order valence-corrected chi connectivity index (χ4v) is 3.24. The van der Waals surface area contributed by atoms with Crippen LogP contribution in [0.5, 0.6) is 0 Å². The summed E-state index contributed by atoms with van der Waals surface area (Å²) in [6.45, 7) is 3.85. The number of fused-ring (bicyclic) bond motifs is 1. The minimum Gasteiger partial charge on any atom is -0.349 e. The molecule has 27 heavy (non-hydrogen) atoms. The number of rotatable bonds is 4. The van der Waals surface area contributed by atoms with E-state index in [1.54, 1.807) is 10.6 Å². The number of nitrogens with zero attached hydrogens (tertiary/aromatic N) is 4. The van der Waals surface area contributed by atoms with Crippen LogP contribution in [0.3, 0.4) is 0 Å². The van der Waals surface area contributed by atoms with E-state index in [4.69, 9.17) is 0 Å². The van der Waals surface area contributed by atoms with Crippen LogP contribution in [0, 0.1) is 30.0 Å². The van der Waals surface area contributed by atoms with E-state index in [1.165, 1.54) is 24.4 Å². The van der Waals surface area contributed by atoms with E-state index in [0.717, 1.165) is 18.5 Å². The summed E-state index contributed by atoms with van der Waals surface area (Å²) in [7, 11) is 0. The van der Waals surface area contributed by atoms with Crippen molar-refractivity contribution >= 4 is 11.6 Å². The summed E-state index contributed by atoms with van der Waals surface area (Å²) in [6.07, 6.45) is 3.78. The number of hydrogen-bond acceptors (Lipinski definition) is 4. The highest BCUT2D eigenvalue weighted by Gasteiger charge is 2.30. The second-order valence-corrected chi connectivity index (χ2v) is 6.98. The van der Waals surface area contributed by atoms with Crippen molar-refractivity contribution in [3.8, 4) is 17.3 Å². The summed E-state index contributed by atoms with van der Waals surface area (Å²) < 4.78 is 15.0. The van der Waals surface area contributed by atoms with Crippen LogP contribution in [0.4, 0.5) is 4.39 Å². The van der Waals surface area contributed by atoms with E-state index in [9.17, 15) is 14.4 Å². The van der Waals surface area contributed by atoms with Gasteiger partial charge in [-0.2, -0.15) is 10.4 Å². The van der Waals surface area contributed by atoms with E-state index in [-0.39, 0.29) is 17.5 Å². The first-order chi connectivity index (χ1) is 13.0. The van der Waals surface area contributed by atoms with Crippen molar-refractivity contribution < 1.29 is 9.18 Å². The molecule has 6 nitrogen and oxygen atoms in total. The number of nitriles is 1. The van der Waals surface area contributed by atoms with E-state index in [0.29, 0.717) is 28.4 Å². The van der Waals surface area contributed by atoms with Crippen LogP contribution in [-0.4, -0.2) is 26.5 Å². The van der Waals surface area contributed by atoms with Crippen LogP contribution in [0.1, 0.15) is 41.4 Å². The molecule has 1 saturated carbocycles. The monoisotopic (exact) mass is 363 g/mol. The van der Waals surface area contributed by atoms with Gasteiger partial charge in [-0.25, -0.2) is 13.9 Å². The van der Waals surface area contributed by atoms with Gasteiger partial charge in [-0.15, -0.1) is 0 Å². The van der Waals surface area contributed by atoms with Gasteiger partial charge in [-0.1, -0.05) is 0 Å². The maximum atomic E-state index is 13.5. The van der Waals surface area contributed by atoms with Crippen molar-refractivity contribution in [2.24, 2.45) is 5.92 Å². The summed E-state index contributed by atoms with van der Waals surface area (Å²) in [4.78, 5) is 17.2. The second-order valence-electron chi connectivity index (χ2n) is 6.98. The molecular formula is C20H18FN5O. The standard InChI is InChI=1S/C20H18FN5O/c1-11-7-18(16-6-5-15(21)8-14(16)9-22)25-19-17(10-23-26(11)19)20(27)24-12(2)13-3-4-13/h5-8,10,12-13H,3-4H2,1-2H3,(H,24,27)/t12-/m1/s1.